The van der Waals surface area contributed by atoms with Crippen molar-refractivity contribution in [2.45, 2.75) is 12.8 Å². The molecule has 0 amide bonds. The maximum atomic E-state index is 8.44. The van der Waals surface area contributed by atoms with Crippen molar-refractivity contribution in [2.24, 2.45) is 0 Å². The standard InChI is InChI=1S/2C7H9O.Ru/c2*8-6-5-7-3-1-2-4-7;/h2*1-4,8H,5-6H2;/q2*-1;+2. The van der Waals surface area contributed by atoms with Crippen LogP contribution < -0.4 is 0 Å². The molecule has 0 spiro atoms. The summed E-state index contributed by atoms with van der Waals surface area (Å²) < 4.78 is 0. The largest absolute Gasteiger partial charge is 2.00 e. The average molecular weight is 319 g/mol. The zero-order valence-corrected chi connectivity index (χ0v) is 11.4. The van der Waals surface area contributed by atoms with Crippen LogP contribution >= 0.6 is 0 Å². The van der Waals surface area contributed by atoms with Crippen LogP contribution in [0.2, 0.25) is 0 Å². The molecule has 0 radical (unpaired) electrons. The minimum absolute atomic E-state index is 0. The van der Waals surface area contributed by atoms with Crippen molar-refractivity contribution in [1.82, 2.24) is 0 Å². The Morgan fingerprint density at radius 2 is 0.941 bits per heavy atom. The first kappa shape index (κ1) is 16.2. The first-order valence-electron chi connectivity index (χ1n) is 5.49. The molecule has 2 nitrogen and oxygen atoms in total. The van der Waals surface area contributed by atoms with Crippen molar-refractivity contribution >= 4 is 0 Å². The van der Waals surface area contributed by atoms with Crippen LogP contribution in [0.25, 0.3) is 0 Å². The van der Waals surface area contributed by atoms with Crippen LogP contribution in [0.4, 0.5) is 0 Å². The molecule has 2 aromatic rings. The Labute approximate surface area is 115 Å². The minimum Gasteiger partial charge on any atom is -0.397 e. The molecule has 0 heterocycles. The van der Waals surface area contributed by atoms with Crippen molar-refractivity contribution in [3.05, 3.63) is 59.7 Å². The topological polar surface area (TPSA) is 40.5 Å². The third kappa shape index (κ3) is 7.22. The fraction of sp³-hybridized carbons (Fsp3) is 0.286. The second kappa shape index (κ2) is 10.4. The number of hydrogen-bond donors (Lipinski definition) is 2. The summed E-state index contributed by atoms with van der Waals surface area (Å²) in [7, 11) is 0. The first-order chi connectivity index (χ1) is 7.86. The Balaban J connectivity index is 0.000000284. The second-order valence-corrected chi connectivity index (χ2v) is 3.53. The Bertz CT molecular complexity index is 302. The number of aliphatic hydroxyl groups is 2. The fourth-order valence-corrected chi connectivity index (χ4v) is 1.42. The molecule has 0 saturated carbocycles. The van der Waals surface area contributed by atoms with Crippen molar-refractivity contribution in [3.63, 3.8) is 0 Å². The summed E-state index contributed by atoms with van der Waals surface area (Å²) in [4.78, 5) is 0. The van der Waals surface area contributed by atoms with Gasteiger partial charge in [-0.1, -0.05) is 12.8 Å². The van der Waals surface area contributed by atoms with E-state index in [0.717, 1.165) is 12.8 Å². The van der Waals surface area contributed by atoms with Crippen LogP contribution in [0, 0.1) is 0 Å². The normalized spacial score (nSPS) is 9.06. The van der Waals surface area contributed by atoms with Gasteiger partial charge in [0.25, 0.3) is 0 Å². The summed E-state index contributed by atoms with van der Waals surface area (Å²) in [5.41, 5.74) is 2.43. The number of aliphatic hydroxyl groups excluding tert-OH is 2. The van der Waals surface area contributed by atoms with E-state index in [1.54, 1.807) is 0 Å². The van der Waals surface area contributed by atoms with Gasteiger partial charge in [0.1, 0.15) is 0 Å². The molecule has 0 bridgehead atoms. The molecule has 94 valence electrons. The first-order valence-corrected chi connectivity index (χ1v) is 5.49. The van der Waals surface area contributed by atoms with Gasteiger partial charge in [-0.05, 0) is 0 Å². The molecular formula is C14H18O2Ru. The Hall–Kier alpha value is -0.757. The van der Waals surface area contributed by atoms with Gasteiger partial charge in [0, 0.05) is 13.2 Å². The van der Waals surface area contributed by atoms with Crippen molar-refractivity contribution in [2.75, 3.05) is 13.2 Å². The van der Waals surface area contributed by atoms with E-state index in [9.17, 15) is 0 Å². The van der Waals surface area contributed by atoms with E-state index in [4.69, 9.17) is 10.2 Å². The van der Waals surface area contributed by atoms with Crippen molar-refractivity contribution in [3.8, 4) is 0 Å². The molecule has 0 aromatic heterocycles. The monoisotopic (exact) mass is 320 g/mol. The molecule has 2 aromatic carbocycles. The zero-order valence-electron chi connectivity index (χ0n) is 9.70. The molecule has 0 aliphatic carbocycles. The molecular weight excluding hydrogens is 301 g/mol. The molecule has 0 aliphatic heterocycles. The number of hydrogen-bond acceptors (Lipinski definition) is 2. The van der Waals surface area contributed by atoms with Crippen LogP contribution in [0.1, 0.15) is 11.1 Å². The fourth-order valence-electron chi connectivity index (χ4n) is 1.42. The SMILES string of the molecule is OCC[c-]1cccc1.OCC[c-]1cccc1.[Ru+2]. The van der Waals surface area contributed by atoms with Crippen LogP contribution in [0.15, 0.2) is 48.5 Å². The van der Waals surface area contributed by atoms with Crippen LogP contribution in [0.5, 0.6) is 0 Å². The van der Waals surface area contributed by atoms with Gasteiger partial charge >= 0.3 is 19.5 Å². The van der Waals surface area contributed by atoms with E-state index in [0.29, 0.717) is 0 Å². The Kier molecular flexibility index (Phi) is 9.94. The molecule has 2 N–H and O–H groups in total. The quantitative estimate of drug-likeness (QED) is 0.667. The average Bonchev–Trinajstić information content (AvgIpc) is 2.92. The maximum absolute atomic E-state index is 8.44. The minimum atomic E-state index is 0. The smallest absolute Gasteiger partial charge is 0.397 e. The zero-order chi connectivity index (χ0) is 11.6. The molecule has 17 heavy (non-hydrogen) atoms. The third-order valence-corrected chi connectivity index (χ3v) is 2.26. The summed E-state index contributed by atoms with van der Waals surface area (Å²) in [5, 5.41) is 16.9. The van der Waals surface area contributed by atoms with Gasteiger partial charge in [-0.2, -0.15) is 35.4 Å². The predicted octanol–water partition coefficient (Wildman–Crippen LogP) is 1.88. The van der Waals surface area contributed by atoms with E-state index >= 15 is 0 Å². The summed E-state index contributed by atoms with van der Waals surface area (Å²) in [6.07, 6.45) is 1.57. The molecule has 0 aliphatic rings. The van der Waals surface area contributed by atoms with Gasteiger partial charge in [-0.25, -0.2) is 24.3 Å². The third-order valence-electron chi connectivity index (χ3n) is 2.26. The van der Waals surface area contributed by atoms with Crippen LogP contribution in [-0.4, -0.2) is 23.4 Å². The predicted molar refractivity (Wildman–Crippen MR) is 65.6 cm³/mol. The van der Waals surface area contributed by atoms with E-state index in [-0.39, 0.29) is 32.7 Å². The molecule has 2 rings (SSSR count). The van der Waals surface area contributed by atoms with Gasteiger partial charge in [-0.15, -0.1) is 0 Å². The van der Waals surface area contributed by atoms with E-state index in [1.165, 1.54) is 11.1 Å². The summed E-state index contributed by atoms with van der Waals surface area (Å²) >= 11 is 0. The van der Waals surface area contributed by atoms with Gasteiger partial charge in [-0.3, -0.25) is 0 Å². The van der Waals surface area contributed by atoms with Crippen molar-refractivity contribution < 1.29 is 29.7 Å². The van der Waals surface area contributed by atoms with Gasteiger partial charge in [0.2, 0.25) is 0 Å². The molecule has 0 saturated heterocycles. The molecule has 0 fully saturated rings. The van der Waals surface area contributed by atoms with Crippen LogP contribution in [-0.2, 0) is 32.3 Å². The van der Waals surface area contributed by atoms with Crippen molar-refractivity contribution in [1.29, 1.82) is 0 Å². The molecule has 0 unspecified atom stereocenters. The van der Waals surface area contributed by atoms with E-state index < -0.39 is 0 Å². The Morgan fingerprint density at radius 1 is 0.647 bits per heavy atom. The summed E-state index contributed by atoms with van der Waals surface area (Å²) in [6.45, 7) is 0.508. The van der Waals surface area contributed by atoms with Gasteiger partial charge < -0.3 is 10.2 Å². The van der Waals surface area contributed by atoms with Gasteiger partial charge in [0.15, 0.2) is 0 Å². The summed E-state index contributed by atoms with van der Waals surface area (Å²) in [5.74, 6) is 0. The molecule has 0 atom stereocenters. The van der Waals surface area contributed by atoms with E-state index in [2.05, 4.69) is 0 Å². The summed E-state index contributed by atoms with van der Waals surface area (Å²) in [6, 6.07) is 15.9. The Morgan fingerprint density at radius 3 is 1.18 bits per heavy atom. The van der Waals surface area contributed by atoms with Gasteiger partial charge in [0.05, 0.1) is 0 Å². The number of rotatable bonds is 4. The van der Waals surface area contributed by atoms with E-state index in [1.807, 2.05) is 48.5 Å². The second-order valence-electron chi connectivity index (χ2n) is 3.53. The molecule has 3 heteroatoms. The maximum Gasteiger partial charge on any atom is 2.00 e. The van der Waals surface area contributed by atoms with Crippen LogP contribution in [0.3, 0.4) is 0 Å².